The lowest BCUT2D eigenvalue weighted by molar-refractivity contribution is 0.0698. The van der Waals surface area contributed by atoms with E-state index in [1.54, 1.807) is 17.0 Å². The molecule has 6 heteroatoms. The number of phenolic OH excluding ortho intramolecular Hbond substituents is 1. The van der Waals surface area contributed by atoms with Crippen LogP contribution in [0.5, 0.6) is 5.75 Å². The van der Waals surface area contributed by atoms with Gasteiger partial charge in [0.25, 0.3) is 11.8 Å². The van der Waals surface area contributed by atoms with Crippen LogP contribution in [0, 0.1) is 5.82 Å². The number of piperidine rings is 1. The minimum Gasteiger partial charge on any atom is -0.508 e. The molecule has 1 heterocycles. The minimum atomic E-state index is -0.370. The lowest BCUT2D eigenvalue weighted by Gasteiger charge is -2.32. The molecule has 2 amide bonds. The van der Waals surface area contributed by atoms with Gasteiger partial charge in [-0.3, -0.25) is 9.59 Å². The van der Waals surface area contributed by atoms with Crippen LogP contribution in [0.15, 0.2) is 48.5 Å². The number of likely N-dealkylation sites (tertiary alicyclic amines) is 1. The van der Waals surface area contributed by atoms with Gasteiger partial charge in [-0.15, -0.1) is 0 Å². The monoisotopic (exact) mass is 342 g/mol. The van der Waals surface area contributed by atoms with Gasteiger partial charge in [0.2, 0.25) is 0 Å². The average molecular weight is 342 g/mol. The van der Waals surface area contributed by atoms with Crippen molar-refractivity contribution in [3.63, 3.8) is 0 Å². The number of nitrogens with one attached hydrogen (secondary N) is 1. The highest BCUT2D eigenvalue weighted by Gasteiger charge is 2.25. The molecule has 0 spiro atoms. The number of carbonyl (C=O) groups is 2. The number of rotatable bonds is 3. The zero-order valence-electron chi connectivity index (χ0n) is 13.6. The van der Waals surface area contributed by atoms with E-state index in [2.05, 4.69) is 5.32 Å². The maximum atomic E-state index is 12.9. The lowest BCUT2D eigenvalue weighted by atomic mass is 10.0. The van der Waals surface area contributed by atoms with E-state index < -0.39 is 0 Å². The second-order valence-corrected chi connectivity index (χ2v) is 6.10. The molecule has 0 atom stereocenters. The zero-order valence-corrected chi connectivity index (χ0v) is 13.6. The molecule has 3 rings (SSSR count). The summed E-state index contributed by atoms with van der Waals surface area (Å²) in [6, 6.07) is 11.7. The highest BCUT2D eigenvalue weighted by Crippen LogP contribution is 2.16. The smallest absolute Gasteiger partial charge is 0.253 e. The number of benzene rings is 2. The molecule has 0 aromatic heterocycles. The molecule has 130 valence electrons. The molecule has 1 saturated heterocycles. The molecule has 2 N–H and O–H groups in total. The summed E-state index contributed by atoms with van der Waals surface area (Å²) in [6.07, 6.45) is 1.30. The van der Waals surface area contributed by atoms with Crippen molar-refractivity contribution in [2.24, 2.45) is 0 Å². The molecule has 0 bridgehead atoms. The standard InChI is InChI=1S/C19H19FN2O3/c20-15-6-4-13(5-7-15)19(25)22-10-8-16(9-11-22)21-18(24)14-2-1-3-17(23)12-14/h1-7,12,16,23H,8-11H2,(H,21,24). The second kappa shape index (κ2) is 7.34. The van der Waals surface area contributed by atoms with E-state index in [-0.39, 0.29) is 29.4 Å². The van der Waals surface area contributed by atoms with Gasteiger partial charge >= 0.3 is 0 Å². The van der Waals surface area contributed by atoms with Gasteiger partial charge in [-0.1, -0.05) is 6.07 Å². The zero-order chi connectivity index (χ0) is 17.8. The van der Waals surface area contributed by atoms with E-state index in [1.165, 1.54) is 36.4 Å². The first kappa shape index (κ1) is 17.0. The Kier molecular flexibility index (Phi) is 4.97. The van der Waals surface area contributed by atoms with E-state index in [4.69, 9.17) is 0 Å². The first-order valence-electron chi connectivity index (χ1n) is 8.17. The molecule has 1 aliphatic heterocycles. The predicted molar refractivity (Wildman–Crippen MR) is 90.9 cm³/mol. The summed E-state index contributed by atoms with van der Waals surface area (Å²) in [5.74, 6) is -0.686. The normalized spacial score (nSPS) is 15.0. The van der Waals surface area contributed by atoms with Crippen molar-refractivity contribution in [1.82, 2.24) is 10.2 Å². The van der Waals surface area contributed by atoms with Gasteiger partial charge in [-0.2, -0.15) is 0 Å². The van der Waals surface area contributed by atoms with Crippen LogP contribution in [-0.4, -0.2) is 41.0 Å². The Hall–Kier alpha value is -2.89. The summed E-state index contributed by atoms with van der Waals surface area (Å²) >= 11 is 0. The van der Waals surface area contributed by atoms with Crippen molar-refractivity contribution in [3.8, 4) is 5.75 Å². The highest BCUT2D eigenvalue weighted by atomic mass is 19.1. The number of phenols is 1. The number of halogens is 1. The summed E-state index contributed by atoms with van der Waals surface area (Å²) in [5.41, 5.74) is 0.869. The van der Waals surface area contributed by atoms with Gasteiger partial charge in [0.05, 0.1) is 0 Å². The summed E-state index contributed by atoms with van der Waals surface area (Å²) in [4.78, 5) is 26.3. The Labute approximate surface area is 145 Å². The van der Waals surface area contributed by atoms with E-state index >= 15 is 0 Å². The van der Waals surface area contributed by atoms with Crippen molar-refractivity contribution >= 4 is 11.8 Å². The Balaban J connectivity index is 1.54. The summed E-state index contributed by atoms with van der Waals surface area (Å²) in [6.45, 7) is 1.06. The topological polar surface area (TPSA) is 69.6 Å². The van der Waals surface area contributed by atoms with E-state index in [0.717, 1.165) is 0 Å². The Bertz CT molecular complexity index is 768. The maximum absolute atomic E-state index is 12.9. The number of aromatic hydroxyl groups is 1. The van der Waals surface area contributed by atoms with Crippen LogP contribution in [0.4, 0.5) is 4.39 Å². The SMILES string of the molecule is O=C(NC1CCN(C(=O)c2ccc(F)cc2)CC1)c1cccc(O)c1. The summed E-state index contributed by atoms with van der Waals surface area (Å²) in [7, 11) is 0. The highest BCUT2D eigenvalue weighted by molar-refractivity contribution is 5.95. The number of hydrogen-bond donors (Lipinski definition) is 2. The van der Waals surface area contributed by atoms with Crippen LogP contribution in [0.25, 0.3) is 0 Å². The van der Waals surface area contributed by atoms with Crippen LogP contribution < -0.4 is 5.32 Å². The number of carbonyl (C=O) groups excluding carboxylic acids is 2. The van der Waals surface area contributed by atoms with Crippen molar-refractivity contribution in [2.75, 3.05) is 13.1 Å². The molecule has 2 aromatic carbocycles. The van der Waals surface area contributed by atoms with E-state index in [1.807, 2.05) is 0 Å². The second-order valence-electron chi connectivity index (χ2n) is 6.10. The predicted octanol–water partition coefficient (Wildman–Crippen LogP) is 2.57. The van der Waals surface area contributed by atoms with Crippen LogP contribution in [0.2, 0.25) is 0 Å². The molecular weight excluding hydrogens is 323 g/mol. The molecule has 0 radical (unpaired) electrons. The van der Waals surface area contributed by atoms with Crippen molar-refractivity contribution in [1.29, 1.82) is 0 Å². The van der Waals surface area contributed by atoms with Crippen LogP contribution in [0.3, 0.4) is 0 Å². The fourth-order valence-electron chi connectivity index (χ4n) is 2.92. The van der Waals surface area contributed by atoms with Gasteiger partial charge in [0.1, 0.15) is 11.6 Å². The third-order valence-electron chi connectivity index (χ3n) is 4.32. The molecule has 0 saturated carbocycles. The van der Waals surface area contributed by atoms with Crippen LogP contribution in [0.1, 0.15) is 33.6 Å². The fraction of sp³-hybridized carbons (Fsp3) is 0.263. The van der Waals surface area contributed by atoms with E-state index in [0.29, 0.717) is 37.1 Å². The van der Waals surface area contributed by atoms with Gasteiger partial charge < -0.3 is 15.3 Å². The van der Waals surface area contributed by atoms with Gasteiger partial charge in [0, 0.05) is 30.3 Å². The largest absolute Gasteiger partial charge is 0.508 e. The third kappa shape index (κ3) is 4.15. The Morgan fingerprint density at radius 2 is 1.72 bits per heavy atom. The quantitative estimate of drug-likeness (QED) is 0.901. The maximum Gasteiger partial charge on any atom is 0.253 e. The van der Waals surface area contributed by atoms with Crippen molar-refractivity contribution in [3.05, 3.63) is 65.5 Å². The third-order valence-corrected chi connectivity index (χ3v) is 4.32. The summed E-state index contributed by atoms with van der Waals surface area (Å²) in [5, 5.41) is 12.4. The minimum absolute atomic E-state index is 0.0212. The first-order chi connectivity index (χ1) is 12.0. The summed E-state index contributed by atoms with van der Waals surface area (Å²) < 4.78 is 12.9. The molecule has 5 nitrogen and oxygen atoms in total. The Morgan fingerprint density at radius 1 is 1.04 bits per heavy atom. The van der Waals surface area contributed by atoms with Gasteiger partial charge in [0.15, 0.2) is 0 Å². The molecule has 1 fully saturated rings. The first-order valence-corrected chi connectivity index (χ1v) is 8.17. The molecule has 1 aliphatic rings. The Morgan fingerprint density at radius 3 is 2.36 bits per heavy atom. The van der Waals surface area contributed by atoms with Crippen molar-refractivity contribution in [2.45, 2.75) is 18.9 Å². The van der Waals surface area contributed by atoms with Crippen LogP contribution >= 0.6 is 0 Å². The molecule has 0 aliphatic carbocycles. The lowest BCUT2D eigenvalue weighted by Crippen LogP contribution is -2.46. The number of hydrogen-bond acceptors (Lipinski definition) is 3. The molecule has 2 aromatic rings. The van der Waals surface area contributed by atoms with Crippen LogP contribution in [-0.2, 0) is 0 Å². The fourth-order valence-corrected chi connectivity index (χ4v) is 2.92. The average Bonchev–Trinajstić information content (AvgIpc) is 2.62. The molecular formula is C19H19FN2O3. The van der Waals surface area contributed by atoms with Gasteiger partial charge in [-0.05, 0) is 55.3 Å². The van der Waals surface area contributed by atoms with Crippen molar-refractivity contribution < 1.29 is 19.1 Å². The molecule has 25 heavy (non-hydrogen) atoms. The molecule has 0 unspecified atom stereocenters. The van der Waals surface area contributed by atoms with E-state index in [9.17, 15) is 19.1 Å². The number of amides is 2. The van der Waals surface area contributed by atoms with Gasteiger partial charge in [-0.25, -0.2) is 4.39 Å². The number of nitrogens with zero attached hydrogens (tertiary/aromatic N) is 1.